The number of ether oxygens (including phenoxy) is 1. The molecule has 1 saturated heterocycles. The number of aromatic nitrogens is 2. The number of piperidine rings is 1. The highest BCUT2D eigenvalue weighted by atomic mass is 32.1. The lowest BCUT2D eigenvalue weighted by molar-refractivity contribution is 0.0709. The van der Waals surface area contributed by atoms with Crippen LogP contribution in [0.4, 0.5) is 0 Å². The lowest BCUT2D eigenvalue weighted by Gasteiger charge is -2.31. The Labute approximate surface area is 140 Å². The molecule has 5 nitrogen and oxygen atoms in total. The first kappa shape index (κ1) is 15.9. The molecule has 1 aromatic heterocycles. The molecule has 0 N–H and O–H groups in total. The highest BCUT2D eigenvalue weighted by molar-refractivity contribution is 7.11. The summed E-state index contributed by atoms with van der Waals surface area (Å²) in [5, 5.41) is 10.7. The number of amides is 1. The number of nitrogens with zero attached hydrogens (tertiary/aromatic N) is 3. The molecule has 0 saturated carbocycles. The minimum atomic E-state index is 0.0485. The van der Waals surface area contributed by atoms with Crippen molar-refractivity contribution in [3.63, 3.8) is 0 Å². The summed E-state index contributed by atoms with van der Waals surface area (Å²) >= 11 is 1.71. The molecule has 23 heavy (non-hydrogen) atoms. The quantitative estimate of drug-likeness (QED) is 0.864. The largest absolute Gasteiger partial charge is 0.496 e. The summed E-state index contributed by atoms with van der Waals surface area (Å²) in [4.78, 5) is 14.6. The lowest BCUT2D eigenvalue weighted by Crippen LogP contribution is -2.38. The molecule has 0 bridgehead atoms. The van der Waals surface area contributed by atoms with Gasteiger partial charge >= 0.3 is 0 Å². The van der Waals surface area contributed by atoms with Crippen molar-refractivity contribution in [2.45, 2.75) is 32.1 Å². The molecule has 1 aliphatic rings. The summed E-state index contributed by atoms with van der Waals surface area (Å²) in [5.41, 5.74) is 0.637. The average Bonchev–Trinajstić information content (AvgIpc) is 3.10. The van der Waals surface area contributed by atoms with Crippen molar-refractivity contribution in [1.82, 2.24) is 15.1 Å². The Balaban J connectivity index is 1.65. The van der Waals surface area contributed by atoms with E-state index in [1.165, 1.54) is 0 Å². The van der Waals surface area contributed by atoms with Gasteiger partial charge in [-0.25, -0.2) is 0 Å². The van der Waals surface area contributed by atoms with E-state index < -0.39 is 0 Å². The molecular weight excluding hydrogens is 310 g/mol. The summed E-state index contributed by atoms with van der Waals surface area (Å²) in [5.74, 6) is 1.11. The van der Waals surface area contributed by atoms with Gasteiger partial charge in [0.1, 0.15) is 15.8 Å². The number of aryl methyl sites for hydroxylation is 1. The zero-order valence-electron chi connectivity index (χ0n) is 13.5. The summed E-state index contributed by atoms with van der Waals surface area (Å²) in [7, 11) is 1.60. The van der Waals surface area contributed by atoms with Gasteiger partial charge in [-0.15, -0.1) is 21.5 Å². The summed E-state index contributed by atoms with van der Waals surface area (Å²) in [6, 6.07) is 7.40. The second-order valence-corrected chi connectivity index (χ2v) is 6.75. The Kier molecular flexibility index (Phi) is 4.91. The standard InChI is InChI=1S/C17H21N3O2S/c1-3-15-18-19-16(23-15)12-8-10-20(11-9-12)17(21)13-6-4-5-7-14(13)22-2/h4-7,12H,3,8-11H2,1-2H3. The number of rotatable bonds is 4. The van der Waals surface area contributed by atoms with Crippen LogP contribution in [0.3, 0.4) is 0 Å². The van der Waals surface area contributed by atoms with Gasteiger partial charge < -0.3 is 9.64 Å². The van der Waals surface area contributed by atoms with E-state index in [1.54, 1.807) is 18.4 Å². The predicted molar refractivity (Wildman–Crippen MR) is 90.2 cm³/mol. The first-order valence-corrected chi connectivity index (χ1v) is 8.79. The molecule has 1 aromatic carbocycles. The maximum Gasteiger partial charge on any atom is 0.257 e. The molecule has 1 amide bonds. The summed E-state index contributed by atoms with van der Waals surface area (Å²) < 4.78 is 5.30. The predicted octanol–water partition coefficient (Wildman–Crippen LogP) is 3.13. The van der Waals surface area contributed by atoms with E-state index in [1.807, 2.05) is 29.2 Å². The first-order valence-electron chi connectivity index (χ1n) is 7.97. The molecular formula is C17H21N3O2S. The van der Waals surface area contributed by atoms with Gasteiger partial charge in [-0.1, -0.05) is 19.1 Å². The van der Waals surface area contributed by atoms with Crippen molar-refractivity contribution in [3.05, 3.63) is 39.8 Å². The molecule has 0 atom stereocenters. The van der Waals surface area contributed by atoms with Crippen LogP contribution in [0.5, 0.6) is 5.75 Å². The number of carbonyl (C=O) groups excluding carboxylic acids is 1. The number of para-hydroxylation sites is 1. The zero-order chi connectivity index (χ0) is 16.2. The average molecular weight is 331 g/mol. The van der Waals surface area contributed by atoms with E-state index in [-0.39, 0.29) is 5.91 Å². The summed E-state index contributed by atoms with van der Waals surface area (Å²) in [6.07, 6.45) is 2.82. The molecule has 0 spiro atoms. The molecule has 0 radical (unpaired) electrons. The molecule has 1 aliphatic heterocycles. The van der Waals surface area contributed by atoms with E-state index in [0.29, 0.717) is 17.2 Å². The fraction of sp³-hybridized carbons (Fsp3) is 0.471. The SMILES string of the molecule is CCc1nnc(C2CCN(C(=O)c3ccccc3OC)CC2)s1. The third-order valence-corrected chi connectivity index (χ3v) is 5.48. The van der Waals surface area contributed by atoms with Gasteiger partial charge in [-0.2, -0.15) is 0 Å². The Morgan fingerprint density at radius 3 is 2.70 bits per heavy atom. The van der Waals surface area contributed by atoms with Gasteiger partial charge in [0.2, 0.25) is 0 Å². The minimum Gasteiger partial charge on any atom is -0.496 e. The van der Waals surface area contributed by atoms with Crippen LogP contribution in [0.15, 0.2) is 24.3 Å². The zero-order valence-corrected chi connectivity index (χ0v) is 14.3. The Bertz CT molecular complexity index is 678. The van der Waals surface area contributed by atoms with Crippen LogP contribution in [-0.4, -0.2) is 41.2 Å². The number of hydrogen-bond acceptors (Lipinski definition) is 5. The number of benzene rings is 1. The van der Waals surface area contributed by atoms with Gasteiger partial charge in [0.25, 0.3) is 5.91 Å². The third-order valence-electron chi connectivity index (χ3n) is 4.25. The molecule has 122 valence electrons. The van der Waals surface area contributed by atoms with E-state index >= 15 is 0 Å². The maximum absolute atomic E-state index is 12.7. The van der Waals surface area contributed by atoms with Crippen molar-refractivity contribution in [2.75, 3.05) is 20.2 Å². The van der Waals surface area contributed by atoms with E-state index in [4.69, 9.17) is 4.74 Å². The Morgan fingerprint density at radius 1 is 1.30 bits per heavy atom. The van der Waals surface area contributed by atoms with E-state index in [9.17, 15) is 4.79 Å². The van der Waals surface area contributed by atoms with Crippen LogP contribution < -0.4 is 4.74 Å². The topological polar surface area (TPSA) is 55.3 Å². The van der Waals surface area contributed by atoms with Crippen molar-refractivity contribution in [2.24, 2.45) is 0 Å². The van der Waals surface area contributed by atoms with E-state index in [2.05, 4.69) is 17.1 Å². The normalized spacial score (nSPS) is 15.7. The second-order valence-electron chi connectivity index (χ2n) is 5.65. The second kappa shape index (κ2) is 7.08. The molecule has 0 aliphatic carbocycles. The first-order chi connectivity index (χ1) is 11.2. The molecule has 0 unspecified atom stereocenters. The maximum atomic E-state index is 12.7. The molecule has 1 fully saturated rings. The fourth-order valence-corrected chi connectivity index (χ4v) is 3.85. The van der Waals surface area contributed by atoms with Crippen molar-refractivity contribution >= 4 is 17.2 Å². The smallest absolute Gasteiger partial charge is 0.257 e. The van der Waals surface area contributed by atoms with Crippen LogP contribution in [-0.2, 0) is 6.42 Å². The van der Waals surface area contributed by atoms with Gasteiger partial charge in [0.05, 0.1) is 12.7 Å². The highest BCUT2D eigenvalue weighted by Crippen LogP contribution is 2.31. The lowest BCUT2D eigenvalue weighted by atomic mass is 9.97. The minimum absolute atomic E-state index is 0.0485. The molecule has 6 heteroatoms. The Hall–Kier alpha value is -1.95. The highest BCUT2D eigenvalue weighted by Gasteiger charge is 2.27. The number of carbonyl (C=O) groups is 1. The van der Waals surface area contributed by atoms with Gasteiger partial charge in [-0.05, 0) is 31.4 Å². The van der Waals surface area contributed by atoms with Crippen molar-refractivity contribution < 1.29 is 9.53 Å². The summed E-state index contributed by atoms with van der Waals surface area (Å²) in [6.45, 7) is 3.60. The van der Waals surface area contributed by atoms with E-state index in [0.717, 1.165) is 42.4 Å². The van der Waals surface area contributed by atoms with Crippen molar-refractivity contribution in [3.8, 4) is 5.75 Å². The Morgan fingerprint density at radius 2 is 2.04 bits per heavy atom. The number of hydrogen-bond donors (Lipinski definition) is 0. The van der Waals surface area contributed by atoms with Crippen LogP contribution in [0.1, 0.15) is 46.1 Å². The monoisotopic (exact) mass is 331 g/mol. The third kappa shape index (κ3) is 3.37. The van der Waals surface area contributed by atoms with Crippen LogP contribution in [0.2, 0.25) is 0 Å². The van der Waals surface area contributed by atoms with Crippen LogP contribution in [0, 0.1) is 0 Å². The van der Waals surface area contributed by atoms with Crippen molar-refractivity contribution in [1.29, 1.82) is 0 Å². The fourth-order valence-electron chi connectivity index (χ4n) is 2.90. The molecule has 3 rings (SSSR count). The van der Waals surface area contributed by atoms with Crippen LogP contribution in [0.25, 0.3) is 0 Å². The molecule has 2 heterocycles. The van der Waals surface area contributed by atoms with Gasteiger partial charge in [0.15, 0.2) is 0 Å². The van der Waals surface area contributed by atoms with Gasteiger partial charge in [-0.3, -0.25) is 4.79 Å². The van der Waals surface area contributed by atoms with Crippen LogP contribution >= 0.6 is 11.3 Å². The molecule has 2 aromatic rings. The number of methoxy groups -OCH3 is 1. The number of likely N-dealkylation sites (tertiary alicyclic amines) is 1. The van der Waals surface area contributed by atoms with Gasteiger partial charge in [0, 0.05) is 19.0 Å².